The van der Waals surface area contributed by atoms with Crippen LogP contribution in [0.1, 0.15) is 0 Å². The Labute approximate surface area is 102 Å². The van der Waals surface area contributed by atoms with Gasteiger partial charge in [-0.3, -0.25) is 0 Å². The molecule has 3 aromatic rings. The molecule has 0 aromatic heterocycles. The van der Waals surface area contributed by atoms with Crippen LogP contribution in [0.4, 0.5) is 0 Å². The molecule has 18 heavy (non-hydrogen) atoms. The lowest BCUT2D eigenvalue weighted by atomic mass is 10.0. The monoisotopic (exact) mass is 242 g/mol. The van der Waals surface area contributed by atoms with Crippen LogP contribution in [0.25, 0.3) is 21.5 Å². The molecular formula is C14H10O4. The van der Waals surface area contributed by atoms with E-state index < -0.39 is 0 Å². The van der Waals surface area contributed by atoms with Gasteiger partial charge in [-0.1, -0.05) is 0 Å². The van der Waals surface area contributed by atoms with Gasteiger partial charge in [-0.2, -0.15) is 0 Å². The molecule has 0 radical (unpaired) electrons. The third-order valence-electron chi connectivity index (χ3n) is 3.00. The number of hydrogen-bond acceptors (Lipinski definition) is 4. The molecule has 0 unspecified atom stereocenters. The summed E-state index contributed by atoms with van der Waals surface area (Å²) < 4.78 is 0. The van der Waals surface area contributed by atoms with Gasteiger partial charge in [0.15, 0.2) is 0 Å². The molecule has 0 bridgehead atoms. The highest BCUT2D eigenvalue weighted by atomic mass is 16.3. The van der Waals surface area contributed by atoms with Crippen molar-refractivity contribution in [3.63, 3.8) is 0 Å². The first-order valence-corrected chi connectivity index (χ1v) is 5.36. The average Bonchev–Trinajstić information content (AvgIpc) is 2.32. The van der Waals surface area contributed by atoms with Crippen molar-refractivity contribution in [3.8, 4) is 23.0 Å². The quantitative estimate of drug-likeness (QED) is 0.361. The molecule has 0 amide bonds. The molecule has 0 saturated carbocycles. The van der Waals surface area contributed by atoms with Gasteiger partial charge >= 0.3 is 0 Å². The van der Waals surface area contributed by atoms with E-state index in [9.17, 15) is 20.4 Å². The van der Waals surface area contributed by atoms with Crippen LogP contribution >= 0.6 is 0 Å². The molecule has 4 N–H and O–H groups in total. The second-order valence-electron chi connectivity index (χ2n) is 4.19. The number of phenols is 4. The minimum Gasteiger partial charge on any atom is -0.508 e. The maximum Gasteiger partial charge on any atom is 0.127 e. The summed E-state index contributed by atoms with van der Waals surface area (Å²) in [6.45, 7) is 0. The summed E-state index contributed by atoms with van der Waals surface area (Å²) >= 11 is 0. The standard InChI is InChI=1S/C14H10O4/c15-8-3-7-4-10-11(6-9(7)14(18)5-8)13(17)2-1-12(10)16/h1-6,15-18H. The Morgan fingerprint density at radius 3 is 1.83 bits per heavy atom. The minimum atomic E-state index is -0.0744. The van der Waals surface area contributed by atoms with Crippen molar-refractivity contribution in [2.24, 2.45) is 0 Å². The zero-order valence-corrected chi connectivity index (χ0v) is 9.25. The normalized spacial score (nSPS) is 11.1. The van der Waals surface area contributed by atoms with Crippen LogP contribution in [0.15, 0.2) is 36.4 Å². The fourth-order valence-corrected chi connectivity index (χ4v) is 2.14. The van der Waals surface area contributed by atoms with Crippen molar-refractivity contribution in [1.82, 2.24) is 0 Å². The lowest BCUT2D eigenvalue weighted by molar-refractivity contribution is 0.455. The van der Waals surface area contributed by atoms with Crippen molar-refractivity contribution in [2.45, 2.75) is 0 Å². The molecule has 0 aliphatic heterocycles. The van der Waals surface area contributed by atoms with Crippen molar-refractivity contribution < 1.29 is 20.4 Å². The largest absolute Gasteiger partial charge is 0.508 e. The molecule has 0 fully saturated rings. The maximum absolute atomic E-state index is 9.77. The van der Waals surface area contributed by atoms with Gasteiger partial charge in [0, 0.05) is 22.2 Å². The van der Waals surface area contributed by atoms with Gasteiger partial charge in [-0.05, 0) is 35.7 Å². The topological polar surface area (TPSA) is 80.9 Å². The predicted molar refractivity (Wildman–Crippen MR) is 68.1 cm³/mol. The zero-order valence-electron chi connectivity index (χ0n) is 9.25. The smallest absolute Gasteiger partial charge is 0.127 e. The molecule has 4 heteroatoms. The molecule has 0 atom stereocenters. The van der Waals surface area contributed by atoms with Gasteiger partial charge in [0.05, 0.1) is 0 Å². The third kappa shape index (κ3) is 1.39. The van der Waals surface area contributed by atoms with Crippen molar-refractivity contribution in [1.29, 1.82) is 0 Å². The Morgan fingerprint density at radius 1 is 0.556 bits per heavy atom. The van der Waals surface area contributed by atoms with Gasteiger partial charge in [0.1, 0.15) is 23.0 Å². The summed E-state index contributed by atoms with van der Waals surface area (Å²) in [5, 5.41) is 40.7. The Balaban J connectivity index is 2.55. The lowest BCUT2D eigenvalue weighted by Gasteiger charge is -2.08. The Hall–Kier alpha value is -2.62. The fraction of sp³-hybridized carbons (Fsp3) is 0. The van der Waals surface area contributed by atoms with E-state index in [1.807, 2.05) is 0 Å². The van der Waals surface area contributed by atoms with Crippen molar-refractivity contribution in [3.05, 3.63) is 36.4 Å². The van der Waals surface area contributed by atoms with Gasteiger partial charge in [0.25, 0.3) is 0 Å². The Morgan fingerprint density at radius 2 is 1.17 bits per heavy atom. The molecule has 0 heterocycles. The molecule has 0 saturated heterocycles. The van der Waals surface area contributed by atoms with E-state index in [2.05, 4.69) is 0 Å². The molecular weight excluding hydrogens is 232 g/mol. The molecule has 4 nitrogen and oxygen atoms in total. The summed E-state index contributed by atoms with van der Waals surface area (Å²) in [6.07, 6.45) is 0. The van der Waals surface area contributed by atoms with E-state index in [-0.39, 0.29) is 23.0 Å². The molecule has 0 aliphatic rings. The second-order valence-corrected chi connectivity index (χ2v) is 4.19. The van der Waals surface area contributed by atoms with Gasteiger partial charge in [-0.25, -0.2) is 0 Å². The van der Waals surface area contributed by atoms with Crippen LogP contribution < -0.4 is 0 Å². The predicted octanol–water partition coefficient (Wildman–Crippen LogP) is 2.82. The summed E-state index contributed by atoms with van der Waals surface area (Å²) in [4.78, 5) is 0. The molecule has 90 valence electrons. The second kappa shape index (κ2) is 3.43. The number of phenolic OH excluding ortho intramolecular Hbond substituents is 4. The van der Waals surface area contributed by atoms with E-state index in [1.54, 1.807) is 12.1 Å². The van der Waals surface area contributed by atoms with Gasteiger partial charge in [-0.15, -0.1) is 0 Å². The van der Waals surface area contributed by atoms with Crippen LogP contribution in [0, 0.1) is 0 Å². The first kappa shape index (κ1) is 10.5. The van der Waals surface area contributed by atoms with Crippen LogP contribution in [-0.2, 0) is 0 Å². The van der Waals surface area contributed by atoms with Crippen molar-refractivity contribution >= 4 is 21.5 Å². The van der Waals surface area contributed by atoms with E-state index >= 15 is 0 Å². The summed E-state index contributed by atoms with van der Waals surface area (Å²) in [6, 6.07) is 8.69. The fourth-order valence-electron chi connectivity index (χ4n) is 2.14. The van der Waals surface area contributed by atoms with E-state index in [0.717, 1.165) is 0 Å². The lowest BCUT2D eigenvalue weighted by Crippen LogP contribution is -1.80. The van der Waals surface area contributed by atoms with Crippen LogP contribution in [0.3, 0.4) is 0 Å². The summed E-state index contributed by atoms with van der Waals surface area (Å²) in [5.74, 6) is -0.0710. The first-order chi connectivity index (χ1) is 8.56. The molecule has 0 aliphatic carbocycles. The number of fused-ring (bicyclic) bond motifs is 2. The molecule has 3 rings (SSSR count). The average molecular weight is 242 g/mol. The Bertz CT molecular complexity index is 778. The number of hydrogen-bond donors (Lipinski definition) is 4. The minimum absolute atomic E-state index is 0.0252. The number of rotatable bonds is 0. The molecule has 0 spiro atoms. The van der Waals surface area contributed by atoms with E-state index in [0.29, 0.717) is 21.5 Å². The van der Waals surface area contributed by atoms with Crippen LogP contribution in [0.5, 0.6) is 23.0 Å². The van der Waals surface area contributed by atoms with Crippen molar-refractivity contribution in [2.75, 3.05) is 0 Å². The van der Waals surface area contributed by atoms with E-state index in [4.69, 9.17) is 0 Å². The number of aromatic hydroxyl groups is 4. The van der Waals surface area contributed by atoms with Gasteiger partial charge in [0.2, 0.25) is 0 Å². The SMILES string of the molecule is Oc1cc(O)c2cc3c(O)ccc(O)c3cc2c1. The maximum atomic E-state index is 9.77. The summed E-state index contributed by atoms with van der Waals surface area (Å²) in [5.41, 5.74) is 0. The van der Waals surface area contributed by atoms with Crippen LogP contribution in [-0.4, -0.2) is 20.4 Å². The highest BCUT2D eigenvalue weighted by Gasteiger charge is 2.09. The van der Waals surface area contributed by atoms with Gasteiger partial charge < -0.3 is 20.4 Å². The Kier molecular flexibility index (Phi) is 2.01. The summed E-state index contributed by atoms with van der Waals surface area (Å²) in [7, 11) is 0. The number of benzene rings is 3. The zero-order chi connectivity index (χ0) is 12.9. The van der Waals surface area contributed by atoms with E-state index in [1.165, 1.54) is 24.3 Å². The molecule has 3 aromatic carbocycles. The highest BCUT2D eigenvalue weighted by Crippen LogP contribution is 2.38. The van der Waals surface area contributed by atoms with Crippen LogP contribution in [0.2, 0.25) is 0 Å². The first-order valence-electron chi connectivity index (χ1n) is 5.36. The highest BCUT2D eigenvalue weighted by molar-refractivity contribution is 6.05. The third-order valence-corrected chi connectivity index (χ3v) is 3.00.